The lowest BCUT2D eigenvalue weighted by Crippen LogP contribution is -2.33. The number of benzene rings is 1. The average molecular weight is 550 g/mol. The van der Waals surface area contributed by atoms with Gasteiger partial charge in [0.15, 0.2) is 0 Å². The maximum Gasteiger partial charge on any atom is 0.330 e. The van der Waals surface area contributed by atoms with Crippen LogP contribution in [0.2, 0.25) is 10.0 Å². The predicted octanol–water partition coefficient (Wildman–Crippen LogP) is 2.58. The van der Waals surface area contributed by atoms with Gasteiger partial charge >= 0.3 is 12.4 Å². The van der Waals surface area contributed by atoms with Crippen LogP contribution in [0, 0.1) is 18.3 Å². The molecule has 0 radical (unpaired) electrons. The van der Waals surface area contributed by atoms with Gasteiger partial charge in [-0.05, 0) is 36.4 Å². The summed E-state index contributed by atoms with van der Waals surface area (Å²) in [5.41, 5.74) is -0.267. The Bertz CT molecular complexity index is 1250. The van der Waals surface area contributed by atoms with E-state index in [1.165, 1.54) is 17.7 Å². The maximum absolute atomic E-state index is 12.2. The van der Waals surface area contributed by atoms with Crippen molar-refractivity contribution in [1.29, 1.82) is 5.26 Å². The lowest BCUT2D eigenvalue weighted by Gasteiger charge is -2.26. The molecule has 10 nitrogen and oxygen atoms in total. The van der Waals surface area contributed by atoms with Crippen LogP contribution in [0.3, 0.4) is 0 Å². The molecule has 2 aromatic rings. The lowest BCUT2D eigenvalue weighted by molar-refractivity contribution is -0.0449. The molecule has 3 N–H and O–H groups in total. The minimum absolute atomic E-state index is 0.0465. The second-order valence-electron chi connectivity index (χ2n) is 7.67. The van der Waals surface area contributed by atoms with Crippen molar-refractivity contribution >= 4 is 41.7 Å². The van der Waals surface area contributed by atoms with Crippen molar-refractivity contribution in [2.75, 3.05) is 6.61 Å². The molecule has 1 aromatic carbocycles. The van der Waals surface area contributed by atoms with Crippen molar-refractivity contribution in [3.63, 3.8) is 0 Å². The molecule has 0 spiro atoms. The number of H-pyrrole nitrogens is 1. The summed E-state index contributed by atoms with van der Waals surface area (Å²) in [5, 5.41) is 19.7. The summed E-state index contributed by atoms with van der Waals surface area (Å²) >= 11 is 17.3. The first-order valence-electron chi connectivity index (χ1n) is 10.1. The van der Waals surface area contributed by atoms with E-state index in [1.54, 1.807) is 18.2 Å². The molecule has 1 aliphatic heterocycles. The summed E-state index contributed by atoms with van der Waals surface area (Å²) in [6, 6.07) is 6.85. The molecule has 3 rings (SSSR count). The van der Waals surface area contributed by atoms with Crippen LogP contribution in [0.5, 0.6) is 0 Å². The molecule has 184 valence electrons. The fourth-order valence-corrected chi connectivity index (χ4v) is 5.83. The Balaban J connectivity index is 1.73. The van der Waals surface area contributed by atoms with Gasteiger partial charge in [-0.25, -0.2) is 4.79 Å². The number of rotatable bonds is 9. The molecule has 1 fully saturated rings. The van der Waals surface area contributed by atoms with Gasteiger partial charge in [-0.15, -0.1) is 0 Å². The maximum atomic E-state index is 12.2. The van der Waals surface area contributed by atoms with Gasteiger partial charge < -0.3 is 23.8 Å². The smallest absolute Gasteiger partial charge is 0.330 e. The summed E-state index contributed by atoms with van der Waals surface area (Å²) in [5.74, 6) is 0. The highest BCUT2D eigenvalue weighted by Gasteiger charge is 2.41. The van der Waals surface area contributed by atoms with E-state index in [-0.39, 0.29) is 19.3 Å². The van der Waals surface area contributed by atoms with Crippen LogP contribution in [-0.2, 0) is 32.0 Å². The average Bonchev–Trinajstić information content (AvgIpc) is 3.14. The first-order valence-corrected chi connectivity index (χ1v) is 13.5. The van der Waals surface area contributed by atoms with Crippen LogP contribution in [-0.4, -0.2) is 44.5 Å². The Morgan fingerprint density at radius 1 is 1.44 bits per heavy atom. The van der Waals surface area contributed by atoms with Gasteiger partial charge in [-0.3, -0.25) is 14.3 Å². The summed E-state index contributed by atoms with van der Waals surface area (Å²) in [7, 11) is 0. The number of hydrogen-bond acceptors (Lipinski definition) is 8. The van der Waals surface area contributed by atoms with Crippen LogP contribution in [0.4, 0.5) is 0 Å². The molecule has 0 amide bonds. The molecule has 1 saturated heterocycles. The summed E-state index contributed by atoms with van der Waals surface area (Å²) in [6.45, 7) is -2.85. The Morgan fingerprint density at radius 2 is 2.18 bits per heavy atom. The normalized spacial score (nSPS) is 22.8. The van der Waals surface area contributed by atoms with E-state index < -0.39 is 49.1 Å². The predicted molar refractivity (Wildman–Crippen MR) is 128 cm³/mol. The number of hydrogen-bond donors (Lipinski definition) is 3. The third kappa shape index (κ3) is 6.76. The molecule has 2 heterocycles. The molecular weight excluding hydrogens is 528 g/mol. The monoisotopic (exact) mass is 549 g/mol. The van der Waals surface area contributed by atoms with Gasteiger partial charge in [0.2, 0.25) is 0 Å². The number of nitrogens with zero attached hydrogens (tertiary/aromatic N) is 2. The number of nitriles is 1. The van der Waals surface area contributed by atoms with E-state index in [4.69, 9.17) is 48.8 Å². The number of nitrogens with one attached hydrogen (secondary N) is 1. The van der Waals surface area contributed by atoms with Gasteiger partial charge in [-0.1, -0.05) is 29.3 Å². The minimum atomic E-state index is -3.91. The third-order valence-electron chi connectivity index (χ3n) is 5.15. The van der Waals surface area contributed by atoms with E-state index in [0.717, 1.165) is 0 Å². The molecule has 0 bridgehead atoms. The Hall–Kier alpha value is -1.58. The van der Waals surface area contributed by atoms with Crippen molar-refractivity contribution in [3.05, 3.63) is 66.4 Å². The molecule has 1 aliphatic rings. The molecule has 34 heavy (non-hydrogen) atoms. The van der Waals surface area contributed by atoms with Gasteiger partial charge in [0.05, 0.1) is 31.3 Å². The number of aliphatic hydroxyl groups excluding tert-OH is 1. The number of aromatic nitrogens is 2. The Labute approximate surface area is 209 Å². The SMILES string of the molecule is Cc1cn([C@H]2C[C@H](OP(O)(=S)O[C@H](CC#N)Cc3ccc(Cl)cc3Cl)[C@@H](CO)O2)c(=O)[nH]c1=O. The number of aliphatic hydroxyl groups is 1. The van der Waals surface area contributed by atoms with Crippen molar-refractivity contribution in [2.45, 2.75) is 50.7 Å². The highest BCUT2D eigenvalue weighted by atomic mass is 35.5. The number of ether oxygens (including phenoxy) is 1. The van der Waals surface area contributed by atoms with Gasteiger partial charge in [0.1, 0.15) is 12.3 Å². The fraction of sp³-hybridized carbons (Fsp3) is 0.450. The standard InChI is InChI=1S/C20H22Cl2N3O7PS/c1-11-9-25(20(28)24-19(11)27)18-8-16(17(10-26)30-18)32-33(29,34)31-14(4-5-23)6-12-2-3-13(21)7-15(12)22/h2-3,7,9,14,16-18,26H,4,6,8,10H2,1H3,(H,29,34)(H,24,27,28)/t14-,16+,17-,18-,33?/m1/s1. The number of aryl methyl sites for hydroxylation is 1. The van der Waals surface area contributed by atoms with Crippen LogP contribution >= 0.6 is 29.9 Å². The molecule has 14 heteroatoms. The lowest BCUT2D eigenvalue weighted by atomic mass is 10.1. The van der Waals surface area contributed by atoms with Gasteiger partial charge in [-0.2, -0.15) is 5.26 Å². The Morgan fingerprint density at radius 3 is 2.82 bits per heavy atom. The zero-order chi connectivity index (χ0) is 25.0. The highest BCUT2D eigenvalue weighted by molar-refractivity contribution is 8.07. The van der Waals surface area contributed by atoms with E-state index in [1.807, 2.05) is 6.07 Å². The number of halogens is 2. The second kappa shape index (κ2) is 11.4. The second-order valence-corrected chi connectivity index (χ2v) is 11.3. The van der Waals surface area contributed by atoms with Crippen molar-refractivity contribution in [1.82, 2.24) is 9.55 Å². The largest absolute Gasteiger partial charge is 0.394 e. The molecule has 0 saturated carbocycles. The molecule has 5 atom stereocenters. The first kappa shape index (κ1) is 27.0. The summed E-state index contributed by atoms with van der Waals surface area (Å²) in [6.07, 6.45) is -2.06. The van der Waals surface area contributed by atoms with Crippen LogP contribution < -0.4 is 11.2 Å². The highest BCUT2D eigenvalue weighted by Crippen LogP contribution is 2.50. The fourth-order valence-electron chi connectivity index (χ4n) is 3.51. The zero-order valence-electron chi connectivity index (χ0n) is 17.9. The third-order valence-corrected chi connectivity index (χ3v) is 7.35. The van der Waals surface area contributed by atoms with Crippen LogP contribution in [0.15, 0.2) is 34.0 Å². The summed E-state index contributed by atoms with van der Waals surface area (Å²) < 4.78 is 18.1. The quantitative estimate of drug-likeness (QED) is 0.401. The van der Waals surface area contributed by atoms with Crippen LogP contribution in [0.1, 0.15) is 30.2 Å². The molecule has 1 unspecified atom stereocenters. The van der Waals surface area contributed by atoms with Crippen molar-refractivity contribution in [2.24, 2.45) is 0 Å². The van der Waals surface area contributed by atoms with Gasteiger partial charge in [0.25, 0.3) is 5.56 Å². The van der Waals surface area contributed by atoms with E-state index in [9.17, 15) is 24.9 Å². The van der Waals surface area contributed by atoms with E-state index in [0.29, 0.717) is 21.2 Å². The number of aromatic amines is 1. The molecule has 1 aromatic heterocycles. The molecular formula is C20H22Cl2N3O7PS. The van der Waals surface area contributed by atoms with Crippen LogP contribution in [0.25, 0.3) is 0 Å². The topological polar surface area (TPSA) is 147 Å². The Kier molecular flexibility index (Phi) is 9.09. The van der Waals surface area contributed by atoms with Crippen molar-refractivity contribution < 1.29 is 23.8 Å². The first-order chi connectivity index (χ1) is 16.0. The molecule has 0 aliphatic carbocycles. The van der Waals surface area contributed by atoms with E-state index in [2.05, 4.69) is 4.98 Å². The van der Waals surface area contributed by atoms with E-state index >= 15 is 0 Å². The van der Waals surface area contributed by atoms with Gasteiger partial charge in [0, 0.05) is 34.6 Å². The summed E-state index contributed by atoms with van der Waals surface area (Å²) in [4.78, 5) is 36.7. The van der Waals surface area contributed by atoms with Crippen molar-refractivity contribution in [3.8, 4) is 6.07 Å². The minimum Gasteiger partial charge on any atom is -0.394 e. The zero-order valence-corrected chi connectivity index (χ0v) is 21.1.